The second-order valence-corrected chi connectivity index (χ2v) is 6.55. The van der Waals surface area contributed by atoms with Crippen LogP contribution in [0.25, 0.3) is 0 Å². The maximum absolute atomic E-state index is 13.0. The molecular weight excluding hydrogens is 364 g/mol. The molecule has 0 unspecified atom stereocenters. The summed E-state index contributed by atoms with van der Waals surface area (Å²) in [6.07, 6.45) is 0. The summed E-state index contributed by atoms with van der Waals surface area (Å²) in [5, 5.41) is 8.70. The quantitative estimate of drug-likeness (QED) is 0.368. The predicted octanol–water partition coefficient (Wildman–Crippen LogP) is 4.55. The molecule has 0 atom stereocenters. The first-order valence-corrected chi connectivity index (χ1v) is 9.40. The molecule has 5 nitrogen and oxygen atoms in total. The van der Waals surface area contributed by atoms with Crippen molar-refractivity contribution in [1.29, 1.82) is 0 Å². The minimum Gasteiger partial charge on any atom is -0.486 e. The highest BCUT2D eigenvalue weighted by Gasteiger charge is 2.17. The number of fused-ring (bicyclic) bond motifs is 1. The van der Waals surface area contributed by atoms with Crippen LogP contribution in [0.3, 0.4) is 0 Å². The molecule has 0 aromatic heterocycles. The lowest BCUT2D eigenvalue weighted by atomic mass is 10.0. The molecule has 0 N–H and O–H groups in total. The van der Waals surface area contributed by atoms with E-state index < -0.39 is 0 Å². The van der Waals surface area contributed by atoms with Crippen LogP contribution < -0.4 is 9.47 Å². The number of hydrogen-bond donors (Lipinski definition) is 0. The summed E-state index contributed by atoms with van der Waals surface area (Å²) < 4.78 is 11.2. The number of Topliss-reactive ketones (excluding diaryl/α,β-unsaturated/α-hetero) is 1. The van der Waals surface area contributed by atoms with E-state index in [1.54, 1.807) is 12.1 Å². The second-order valence-electron chi connectivity index (χ2n) is 6.55. The summed E-state index contributed by atoms with van der Waals surface area (Å²) in [5.41, 5.74) is 3.13. The third-order valence-electron chi connectivity index (χ3n) is 4.56. The highest BCUT2D eigenvalue weighted by molar-refractivity contribution is 6.51. The molecule has 3 aromatic rings. The lowest BCUT2D eigenvalue weighted by molar-refractivity contribution is 0.106. The summed E-state index contributed by atoms with van der Waals surface area (Å²) in [5.74, 6) is 1.24. The summed E-state index contributed by atoms with van der Waals surface area (Å²) >= 11 is 0. The smallest absolute Gasteiger partial charge is 0.213 e. The van der Waals surface area contributed by atoms with E-state index in [0.717, 1.165) is 16.9 Å². The first kappa shape index (κ1) is 18.6. The van der Waals surface area contributed by atoms with Crippen LogP contribution in [0.1, 0.15) is 28.4 Å². The van der Waals surface area contributed by atoms with Gasteiger partial charge in [-0.05, 0) is 25.1 Å². The van der Waals surface area contributed by atoms with E-state index >= 15 is 0 Å². The zero-order chi connectivity index (χ0) is 20.1. The molecule has 0 amide bonds. The highest BCUT2D eigenvalue weighted by Crippen LogP contribution is 2.30. The summed E-state index contributed by atoms with van der Waals surface area (Å²) in [6, 6.07) is 24.1. The van der Waals surface area contributed by atoms with E-state index in [1.165, 1.54) is 0 Å². The maximum Gasteiger partial charge on any atom is 0.213 e. The van der Waals surface area contributed by atoms with Gasteiger partial charge in [0.2, 0.25) is 5.78 Å². The van der Waals surface area contributed by atoms with E-state index in [2.05, 4.69) is 10.2 Å². The molecule has 0 fully saturated rings. The molecule has 1 heterocycles. The van der Waals surface area contributed by atoms with Crippen molar-refractivity contribution in [3.05, 3.63) is 95.6 Å². The molecular formula is C24H20N2O3. The van der Waals surface area contributed by atoms with Gasteiger partial charge in [-0.1, -0.05) is 60.7 Å². The predicted molar refractivity (Wildman–Crippen MR) is 113 cm³/mol. The number of carbonyl (C=O) groups excluding carboxylic acids is 1. The molecule has 4 rings (SSSR count). The van der Waals surface area contributed by atoms with Gasteiger partial charge < -0.3 is 9.47 Å². The standard InChI is InChI=1S/C24H20N2O3/c1-17(20-12-13-21-22(16-20)29-15-14-28-21)25-26-23(18-8-4-2-5-9-18)24(27)19-10-6-3-7-11-19/h2-13,16H,14-15H2,1H3/b25-17+,26-23-. The third kappa shape index (κ3) is 4.24. The van der Waals surface area contributed by atoms with Crippen molar-refractivity contribution in [3.63, 3.8) is 0 Å². The molecule has 0 bridgehead atoms. The Morgan fingerprint density at radius 1 is 0.724 bits per heavy atom. The maximum atomic E-state index is 13.0. The fourth-order valence-electron chi connectivity index (χ4n) is 3.01. The Balaban J connectivity index is 1.70. The van der Waals surface area contributed by atoms with Crippen LogP contribution in [0, 0.1) is 0 Å². The van der Waals surface area contributed by atoms with E-state index in [9.17, 15) is 4.79 Å². The van der Waals surface area contributed by atoms with Gasteiger partial charge in [0.15, 0.2) is 11.5 Å². The minimum atomic E-state index is -0.171. The highest BCUT2D eigenvalue weighted by atomic mass is 16.6. The van der Waals surface area contributed by atoms with E-state index in [-0.39, 0.29) is 5.78 Å². The van der Waals surface area contributed by atoms with Crippen LogP contribution >= 0.6 is 0 Å². The van der Waals surface area contributed by atoms with Crippen molar-refractivity contribution in [3.8, 4) is 11.5 Å². The van der Waals surface area contributed by atoms with Crippen molar-refractivity contribution in [1.82, 2.24) is 0 Å². The van der Waals surface area contributed by atoms with Crippen molar-refractivity contribution in [2.24, 2.45) is 10.2 Å². The average molecular weight is 384 g/mol. The third-order valence-corrected chi connectivity index (χ3v) is 4.56. The van der Waals surface area contributed by atoms with Crippen molar-refractivity contribution < 1.29 is 14.3 Å². The zero-order valence-electron chi connectivity index (χ0n) is 16.0. The van der Waals surface area contributed by atoms with Crippen LogP contribution in [-0.4, -0.2) is 30.4 Å². The molecule has 1 aliphatic heterocycles. The summed E-state index contributed by atoms with van der Waals surface area (Å²) in [6.45, 7) is 2.92. The summed E-state index contributed by atoms with van der Waals surface area (Å²) in [7, 11) is 0. The normalized spacial score (nSPS) is 13.8. The van der Waals surface area contributed by atoms with Crippen LogP contribution in [0.15, 0.2) is 89.1 Å². The molecule has 0 spiro atoms. The molecule has 1 aliphatic rings. The van der Waals surface area contributed by atoms with Crippen LogP contribution in [0.5, 0.6) is 11.5 Å². The van der Waals surface area contributed by atoms with Crippen molar-refractivity contribution in [2.75, 3.05) is 13.2 Å². The second kappa shape index (κ2) is 8.52. The van der Waals surface area contributed by atoms with E-state index in [0.29, 0.717) is 36.0 Å². The number of hydrogen-bond acceptors (Lipinski definition) is 5. The number of rotatable bonds is 5. The average Bonchev–Trinajstić information content (AvgIpc) is 2.80. The Hall–Kier alpha value is -3.73. The first-order valence-electron chi connectivity index (χ1n) is 9.40. The van der Waals surface area contributed by atoms with Gasteiger partial charge in [-0.3, -0.25) is 4.79 Å². The topological polar surface area (TPSA) is 60.2 Å². The molecule has 5 heteroatoms. The van der Waals surface area contributed by atoms with Gasteiger partial charge in [-0.2, -0.15) is 5.10 Å². The molecule has 0 aliphatic carbocycles. The molecule has 29 heavy (non-hydrogen) atoms. The number of benzene rings is 3. The van der Waals surface area contributed by atoms with E-state index in [4.69, 9.17) is 9.47 Å². The fourth-order valence-corrected chi connectivity index (χ4v) is 3.01. The Labute approximate surface area is 169 Å². The van der Waals surface area contributed by atoms with Gasteiger partial charge in [0, 0.05) is 16.7 Å². The molecule has 144 valence electrons. The van der Waals surface area contributed by atoms with E-state index in [1.807, 2.05) is 73.7 Å². The molecule has 3 aromatic carbocycles. The number of ketones is 1. The minimum absolute atomic E-state index is 0.171. The van der Waals surface area contributed by atoms with Gasteiger partial charge in [0.05, 0.1) is 5.71 Å². The monoisotopic (exact) mass is 384 g/mol. The van der Waals surface area contributed by atoms with Crippen molar-refractivity contribution in [2.45, 2.75) is 6.92 Å². The zero-order valence-corrected chi connectivity index (χ0v) is 16.0. The van der Waals surface area contributed by atoms with Crippen LogP contribution in [0.4, 0.5) is 0 Å². The number of carbonyl (C=O) groups is 1. The van der Waals surface area contributed by atoms with Crippen LogP contribution in [-0.2, 0) is 0 Å². The fraction of sp³-hybridized carbons (Fsp3) is 0.125. The van der Waals surface area contributed by atoms with Crippen molar-refractivity contribution >= 4 is 17.2 Å². The molecule has 0 saturated carbocycles. The summed E-state index contributed by atoms with van der Waals surface area (Å²) in [4.78, 5) is 13.0. The number of nitrogens with zero attached hydrogens (tertiary/aromatic N) is 2. The Kier molecular flexibility index (Phi) is 5.47. The number of ether oxygens (including phenoxy) is 2. The van der Waals surface area contributed by atoms with Gasteiger partial charge in [-0.15, -0.1) is 5.10 Å². The largest absolute Gasteiger partial charge is 0.486 e. The lowest BCUT2D eigenvalue weighted by Gasteiger charge is -2.18. The van der Waals surface area contributed by atoms with Gasteiger partial charge in [0.25, 0.3) is 0 Å². The van der Waals surface area contributed by atoms with Gasteiger partial charge >= 0.3 is 0 Å². The Morgan fingerprint density at radius 2 is 1.34 bits per heavy atom. The SMILES string of the molecule is C/C(=N\N=C(/C(=O)c1ccccc1)c1ccccc1)c1ccc2c(c1)OCCO2. The molecule has 0 saturated heterocycles. The van der Waals surface area contributed by atoms with Gasteiger partial charge in [-0.25, -0.2) is 0 Å². The van der Waals surface area contributed by atoms with Crippen LogP contribution in [0.2, 0.25) is 0 Å². The Bertz CT molecular complexity index is 1070. The first-order chi connectivity index (χ1) is 14.2. The van der Waals surface area contributed by atoms with Gasteiger partial charge in [0.1, 0.15) is 18.9 Å². The molecule has 0 radical (unpaired) electrons. The Morgan fingerprint density at radius 3 is 2.03 bits per heavy atom. The lowest BCUT2D eigenvalue weighted by Crippen LogP contribution is -2.16.